The number of ether oxygens (including phenoxy) is 1. The van der Waals surface area contributed by atoms with Gasteiger partial charge in [-0.05, 0) is 6.07 Å². The van der Waals surface area contributed by atoms with E-state index in [-0.39, 0.29) is 17.0 Å². The lowest BCUT2D eigenvalue weighted by Gasteiger charge is -2.19. The van der Waals surface area contributed by atoms with Crippen molar-refractivity contribution in [3.8, 4) is 0 Å². The number of hydrogen-bond acceptors (Lipinski definition) is 11. The zero-order valence-corrected chi connectivity index (χ0v) is 18.0. The van der Waals surface area contributed by atoms with E-state index in [1.54, 1.807) is 0 Å². The minimum absolute atomic E-state index is 0.0289. The molecule has 32 heavy (non-hydrogen) atoms. The van der Waals surface area contributed by atoms with Crippen LogP contribution in [0.25, 0.3) is 11.0 Å². The van der Waals surface area contributed by atoms with Crippen LogP contribution in [-0.2, 0) is 31.6 Å². The van der Waals surface area contributed by atoms with Crippen LogP contribution in [0.15, 0.2) is 17.1 Å². The summed E-state index contributed by atoms with van der Waals surface area (Å²) in [6.07, 6.45) is -6.07. The standard InChI is InChI=1S/C11H16FN4O13P3/c12-6-7(17)5(3-26-31(22,23)29-32(24,25)28-30(19,20)21)27-10(6)16-2-1-4-8(16)14-11(13)15-9(4)18/h1-2,5-7,10,17H,3H2,(H,22,23)(H,24,25)(H2,19,20,21)(H3,13,14,15,18)/t5-,6+,7?,10-/m1/s1. The SMILES string of the molecule is Nc1nc2c(ccn2[C@@H]2O[C@H](COP(=O)(O)OP(=O)(O)OP(=O)(O)O)C(O)[C@@H]2F)c(=O)[nH]1. The molecule has 6 atom stereocenters. The number of nitrogen functional groups attached to an aromatic ring is 1. The number of halogens is 1. The van der Waals surface area contributed by atoms with E-state index in [0.717, 1.165) is 4.57 Å². The number of rotatable bonds is 8. The second kappa shape index (κ2) is 8.68. The molecular formula is C11H16FN4O13P3. The number of aliphatic hydroxyl groups is 1. The second-order valence-electron chi connectivity index (χ2n) is 6.30. The van der Waals surface area contributed by atoms with Crippen LogP contribution < -0.4 is 11.3 Å². The Bertz CT molecular complexity index is 1210. The molecule has 1 saturated heterocycles. The zero-order valence-electron chi connectivity index (χ0n) is 15.4. The number of aromatic amines is 1. The molecule has 0 spiro atoms. The van der Waals surface area contributed by atoms with Crippen molar-refractivity contribution in [2.75, 3.05) is 12.3 Å². The third kappa shape index (κ3) is 5.69. The van der Waals surface area contributed by atoms with Crippen LogP contribution in [0.3, 0.4) is 0 Å². The van der Waals surface area contributed by atoms with Gasteiger partial charge in [-0.1, -0.05) is 0 Å². The third-order valence-electron chi connectivity index (χ3n) is 3.99. The van der Waals surface area contributed by atoms with E-state index in [1.807, 2.05) is 0 Å². The molecule has 0 aliphatic carbocycles. The molecule has 1 fully saturated rings. The van der Waals surface area contributed by atoms with Crippen LogP contribution in [0.1, 0.15) is 6.23 Å². The number of anilines is 1. The van der Waals surface area contributed by atoms with Crippen LogP contribution in [0, 0.1) is 0 Å². The topological polar surface area (TPSA) is 266 Å². The van der Waals surface area contributed by atoms with Crippen molar-refractivity contribution < 1.29 is 60.6 Å². The molecule has 1 aliphatic heterocycles. The number of hydrogen-bond donors (Lipinski definition) is 7. The van der Waals surface area contributed by atoms with Gasteiger partial charge in [0.25, 0.3) is 5.56 Å². The Morgan fingerprint density at radius 2 is 1.88 bits per heavy atom. The highest BCUT2D eigenvalue weighted by atomic mass is 31.3. The summed E-state index contributed by atoms with van der Waals surface area (Å²) < 4.78 is 66.1. The number of phosphoric acid groups is 3. The number of alkyl halides is 1. The fraction of sp³-hybridized carbons (Fsp3) is 0.455. The van der Waals surface area contributed by atoms with Crippen molar-refractivity contribution in [3.05, 3.63) is 22.6 Å². The lowest BCUT2D eigenvalue weighted by atomic mass is 10.1. The predicted octanol–water partition coefficient (Wildman–Crippen LogP) is -0.754. The van der Waals surface area contributed by atoms with Crippen LogP contribution in [0.2, 0.25) is 0 Å². The van der Waals surface area contributed by atoms with E-state index in [2.05, 4.69) is 23.1 Å². The zero-order chi connectivity index (χ0) is 24.1. The van der Waals surface area contributed by atoms with E-state index in [9.17, 15) is 32.9 Å². The van der Waals surface area contributed by atoms with Gasteiger partial charge in [-0.25, -0.2) is 18.1 Å². The predicted molar refractivity (Wildman–Crippen MR) is 99.4 cm³/mol. The Hall–Kier alpha value is -1.52. The summed E-state index contributed by atoms with van der Waals surface area (Å²) in [4.78, 5) is 53.5. The number of H-pyrrole nitrogens is 1. The molecule has 0 saturated carbocycles. The minimum Gasteiger partial charge on any atom is -0.387 e. The molecule has 21 heteroatoms. The molecule has 0 aromatic carbocycles. The van der Waals surface area contributed by atoms with Crippen LogP contribution in [-0.4, -0.2) is 64.2 Å². The van der Waals surface area contributed by atoms with E-state index < -0.39 is 60.2 Å². The Morgan fingerprint density at radius 1 is 1.22 bits per heavy atom. The summed E-state index contributed by atoms with van der Waals surface area (Å²) in [6, 6.07) is 1.28. The van der Waals surface area contributed by atoms with Gasteiger partial charge in [-0.15, -0.1) is 0 Å². The molecule has 180 valence electrons. The van der Waals surface area contributed by atoms with Crippen molar-refractivity contribution in [3.63, 3.8) is 0 Å². The van der Waals surface area contributed by atoms with Gasteiger partial charge in [0, 0.05) is 6.20 Å². The quantitative estimate of drug-likeness (QED) is 0.209. The molecule has 2 aromatic rings. The van der Waals surface area contributed by atoms with Gasteiger partial charge in [0.15, 0.2) is 18.0 Å². The smallest absolute Gasteiger partial charge is 0.387 e. The normalized spacial score (nSPS) is 27.9. The van der Waals surface area contributed by atoms with Crippen molar-refractivity contribution in [2.45, 2.75) is 24.6 Å². The van der Waals surface area contributed by atoms with Gasteiger partial charge in [0.05, 0.1) is 12.0 Å². The number of nitrogens with one attached hydrogen (secondary N) is 1. The molecule has 1 aliphatic rings. The van der Waals surface area contributed by atoms with Crippen LogP contribution in [0.5, 0.6) is 0 Å². The third-order valence-corrected chi connectivity index (χ3v) is 7.79. The first-order valence-electron chi connectivity index (χ1n) is 8.21. The highest BCUT2D eigenvalue weighted by molar-refractivity contribution is 7.66. The first-order chi connectivity index (χ1) is 14.6. The maximum atomic E-state index is 14.7. The maximum absolute atomic E-state index is 14.7. The monoisotopic (exact) mass is 524 g/mol. The molecule has 3 rings (SSSR count). The molecule has 3 unspecified atom stereocenters. The van der Waals surface area contributed by atoms with Crippen LogP contribution >= 0.6 is 23.5 Å². The van der Waals surface area contributed by atoms with Gasteiger partial charge in [0.2, 0.25) is 5.95 Å². The Balaban J connectivity index is 1.72. The molecule has 8 N–H and O–H groups in total. The van der Waals surface area contributed by atoms with Gasteiger partial charge in [0.1, 0.15) is 12.2 Å². The average Bonchev–Trinajstić information content (AvgIpc) is 3.12. The molecular weight excluding hydrogens is 508 g/mol. The Labute approximate surface area is 176 Å². The van der Waals surface area contributed by atoms with E-state index in [1.165, 1.54) is 12.3 Å². The fourth-order valence-corrected chi connectivity index (χ4v) is 5.83. The van der Waals surface area contributed by atoms with Crippen LogP contribution in [0.4, 0.5) is 10.3 Å². The van der Waals surface area contributed by atoms with E-state index in [4.69, 9.17) is 25.2 Å². The number of nitrogens with two attached hydrogens (primary N) is 1. The van der Waals surface area contributed by atoms with E-state index in [0.29, 0.717) is 0 Å². The van der Waals surface area contributed by atoms with E-state index >= 15 is 0 Å². The summed E-state index contributed by atoms with van der Waals surface area (Å²) in [5.74, 6) is -0.277. The molecule has 2 aromatic heterocycles. The summed E-state index contributed by atoms with van der Waals surface area (Å²) in [5.41, 5.74) is 4.76. The highest BCUT2D eigenvalue weighted by Crippen LogP contribution is 2.66. The number of aromatic nitrogens is 3. The Kier molecular flexibility index (Phi) is 6.81. The number of phosphoric ester groups is 1. The molecule has 3 heterocycles. The van der Waals surface area contributed by atoms with Gasteiger partial charge < -0.3 is 39.7 Å². The van der Waals surface area contributed by atoms with Crippen molar-refractivity contribution >= 4 is 40.4 Å². The Morgan fingerprint density at radius 3 is 2.50 bits per heavy atom. The number of fused-ring (bicyclic) bond motifs is 1. The average molecular weight is 524 g/mol. The lowest BCUT2D eigenvalue weighted by molar-refractivity contribution is -0.0448. The molecule has 0 amide bonds. The van der Waals surface area contributed by atoms with Crippen molar-refractivity contribution in [1.82, 2.24) is 14.5 Å². The minimum atomic E-state index is -5.75. The van der Waals surface area contributed by atoms with Gasteiger partial charge >= 0.3 is 23.5 Å². The van der Waals surface area contributed by atoms with Gasteiger partial charge in [-0.2, -0.15) is 13.6 Å². The number of aliphatic hydroxyl groups excluding tert-OH is 1. The molecule has 0 bridgehead atoms. The second-order valence-corrected chi connectivity index (χ2v) is 10.7. The largest absolute Gasteiger partial charge is 0.490 e. The lowest BCUT2D eigenvalue weighted by Crippen LogP contribution is -2.31. The highest BCUT2D eigenvalue weighted by Gasteiger charge is 2.47. The maximum Gasteiger partial charge on any atom is 0.490 e. The summed E-state index contributed by atoms with van der Waals surface area (Å²) >= 11 is 0. The number of nitrogens with zero attached hydrogens (tertiary/aromatic N) is 2. The molecule has 0 radical (unpaired) electrons. The first kappa shape index (κ1) is 25.1. The summed E-state index contributed by atoms with van der Waals surface area (Å²) in [6.45, 7) is -1.07. The molecule has 17 nitrogen and oxygen atoms in total. The summed E-state index contributed by atoms with van der Waals surface area (Å²) in [5, 5.41) is 10.1. The fourth-order valence-electron chi connectivity index (χ4n) is 2.80. The van der Waals surface area contributed by atoms with Crippen molar-refractivity contribution in [1.29, 1.82) is 0 Å². The van der Waals surface area contributed by atoms with Crippen molar-refractivity contribution in [2.24, 2.45) is 0 Å². The van der Waals surface area contributed by atoms with Gasteiger partial charge in [-0.3, -0.25) is 14.3 Å². The first-order valence-corrected chi connectivity index (χ1v) is 12.7. The summed E-state index contributed by atoms with van der Waals surface area (Å²) in [7, 11) is -16.8.